The lowest BCUT2D eigenvalue weighted by atomic mass is 9.89. The molecule has 0 atom stereocenters. The van der Waals surface area contributed by atoms with Gasteiger partial charge in [-0.05, 0) is 50.5 Å². The Bertz CT molecular complexity index is 2840. The van der Waals surface area contributed by atoms with Crippen molar-refractivity contribution in [2.24, 2.45) is 0 Å². The summed E-state index contributed by atoms with van der Waals surface area (Å²) in [4.78, 5) is 21.0. The molecular weight excluding hydrogens is 633 g/mol. The molecule has 0 saturated carbocycles. The van der Waals surface area contributed by atoms with Crippen molar-refractivity contribution in [3.05, 3.63) is 182 Å². The molecule has 242 valence electrons. The van der Waals surface area contributed by atoms with Crippen LogP contribution in [0.15, 0.2) is 182 Å². The zero-order valence-electron chi connectivity index (χ0n) is 28.1. The highest BCUT2D eigenvalue weighted by Crippen LogP contribution is 2.44. The lowest BCUT2D eigenvalue weighted by Crippen LogP contribution is -2.00. The van der Waals surface area contributed by atoms with Gasteiger partial charge in [-0.25, -0.2) is 19.9 Å². The summed E-state index contributed by atoms with van der Waals surface area (Å²) in [5.41, 5.74) is 8.69. The van der Waals surface area contributed by atoms with E-state index in [0.717, 1.165) is 77.3 Å². The maximum absolute atomic E-state index is 5.42. The van der Waals surface area contributed by atoms with Crippen LogP contribution >= 0.6 is 0 Å². The van der Waals surface area contributed by atoms with Crippen molar-refractivity contribution >= 4 is 43.2 Å². The van der Waals surface area contributed by atoms with E-state index in [2.05, 4.69) is 152 Å². The molecule has 0 spiro atoms. The second-order valence-electron chi connectivity index (χ2n) is 13.0. The van der Waals surface area contributed by atoms with Gasteiger partial charge in [0.15, 0.2) is 11.6 Å². The fourth-order valence-corrected chi connectivity index (χ4v) is 7.44. The molecule has 0 aliphatic heterocycles. The number of rotatable bonds is 5. The minimum absolute atomic E-state index is 0.687. The summed E-state index contributed by atoms with van der Waals surface area (Å²) in [5, 5.41) is 7.70. The number of aromatic nitrogens is 4. The van der Waals surface area contributed by atoms with Gasteiger partial charge >= 0.3 is 0 Å². The molecule has 0 saturated heterocycles. The Morgan fingerprint density at radius 1 is 0.288 bits per heavy atom. The van der Waals surface area contributed by atoms with E-state index in [9.17, 15) is 0 Å². The minimum Gasteiger partial charge on any atom is -0.228 e. The molecule has 4 heteroatoms. The molecular formula is C48H30N4. The quantitative estimate of drug-likeness (QED) is 0.172. The Morgan fingerprint density at radius 3 is 1.52 bits per heavy atom. The van der Waals surface area contributed by atoms with Crippen molar-refractivity contribution in [1.29, 1.82) is 0 Å². The van der Waals surface area contributed by atoms with Crippen LogP contribution in [0.4, 0.5) is 0 Å². The van der Waals surface area contributed by atoms with Crippen LogP contribution in [0.2, 0.25) is 0 Å². The first-order chi connectivity index (χ1) is 25.8. The van der Waals surface area contributed by atoms with E-state index in [1.54, 1.807) is 0 Å². The molecule has 52 heavy (non-hydrogen) atoms. The zero-order chi connectivity index (χ0) is 34.4. The van der Waals surface area contributed by atoms with Crippen molar-refractivity contribution in [2.75, 3.05) is 0 Å². The number of hydrogen-bond donors (Lipinski definition) is 0. The molecule has 0 radical (unpaired) electrons. The average Bonchev–Trinajstić information content (AvgIpc) is 3.22. The lowest BCUT2D eigenvalue weighted by Gasteiger charge is -2.18. The van der Waals surface area contributed by atoms with Crippen LogP contribution in [0.1, 0.15) is 0 Å². The van der Waals surface area contributed by atoms with Crippen LogP contribution in [0.3, 0.4) is 0 Å². The van der Waals surface area contributed by atoms with Crippen LogP contribution in [-0.4, -0.2) is 19.9 Å². The van der Waals surface area contributed by atoms with Crippen LogP contribution < -0.4 is 0 Å². The Hall–Kier alpha value is -7.04. The third-order valence-electron chi connectivity index (χ3n) is 9.87. The van der Waals surface area contributed by atoms with Gasteiger partial charge in [-0.15, -0.1) is 0 Å². The van der Waals surface area contributed by atoms with E-state index in [1.807, 2.05) is 30.3 Å². The molecule has 0 fully saturated rings. The largest absolute Gasteiger partial charge is 0.228 e. The number of fused-ring (bicyclic) bond motifs is 4. The highest BCUT2D eigenvalue weighted by Gasteiger charge is 2.22. The maximum Gasteiger partial charge on any atom is 0.161 e. The van der Waals surface area contributed by atoms with Gasteiger partial charge in [-0.3, -0.25) is 0 Å². The first kappa shape index (κ1) is 29.8. The lowest BCUT2D eigenvalue weighted by molar-refractivity contribution is 1.19. The minimum atomic E-state index is 0.687. The Kier molecular flexibility index (Phi) is 7.10. The zero-order valence-corrected chi connectivity index (χ0v) is 28.1. The molecule has 4 nitrogen and oxygen atoms in total. The first-order valence-corrected chi connectivity index (χ1v) is 17.5. The molecule has 0 N–H and O–H groups in total. The normalized spacial score (nSPS) is 11.5. The average molecular weight is 663 g/mol. The van der Waals surface area contributed by atoms with Gasteiger partial charge in [0, 0.05) is 33.2 Å². The summed E-state index contributed by atoms with van der Waals surface area (Å²) in [7, 11) is 0. The SMILES string of the molecule is c1ccc(-c2cc(-c3c4ccccc4c(-c4nc(-c5ccc6ccccc6c5)c5ccccc5n4)c4ccccc34)nc(-c3ccccc3)n2)cc1. The van der Waals surface area contributed by atoms with Crippen molar-refractivity contribution in [1.82, 2.24) is 19.9 Å². The van der Waals surface area contributed by atoms with Crippen molar-refractivity contribution in [2.45, 2.75) is 0 Å². The fraction of sp³-hybridized carbons (Fsp3) is 0. The Labute approximate surface area is 300 Å². The van der Waals surface area contributed by atoms with Gasteiger partial charge in [0.05, 0.1) is 22.6 Å². The monoisotopic (exact) mass is 662 g/mol. The van der Waals surface area contributed by atoms with Gasteiger partial charge < -0.3 is 0 Å². The second kappa shape index (κ2) is 12.4. The maximum atomic E-state index is 5.42. The van der Waals surface area contributed by atoms with E-state index in [4.69, 9.17) is 19.9 Å². The summed E-state index contributed by atoms with van der Waals surface area (Å²) in [6.07, 6.45) is 0. The molecule has 8 aromatic carbocycles. The number of hydrogen-bond acceptors (Lipinski definition) is 4. The van der Waals surface area contributed by atoms with Crippen LogP contribution in [-0.2, 0) is 0 Å². The number of nitrogens with zero attached hydrogens (tertiary/aromatic N) is 4. The molecule has 2 heterocycles. The molecule has 0 unspecified atom stereocenters. The second-order valence-corrected chi connectivity index (χ2v) is 13.0. The number of benzene rings is 8. The molecule has 10 aromatic rings. The van der Waals surface area contributed by atoms with E-state index < -0.39 is 0 Å². The van der Waals surface area contributed by atoms with Crippen LogP contribution in [0, 0.1) is 0 Å². The fourth-order valence-electron chi connectivity index (χ4n) is 7.44. The Balaban J connectivity index is 1.27. The van der Waals surface area contributed by atoms with Crippen molar-refractivity contribution in [3.63, 3.8) is 0 Å². The van der Waals surface area contributed by atoms with Crippen molar-refractivity contribution in [3.8, 4) is 56.5 Å². The van der Waals surface area contributed by atoms with E-state index in [1.165, 1.54) is 10.8 Å². The van der Waals surface area contributed by atoms with E-state index in [-0.39, 0.29) is 0 Å². The molecule has 0 amide bonds. The summed E-state index contributed by atoms with van der Waals surface area (Å²) in [5.74, 6) is 1.38. The predicted octanol–water partition coefficient (Wildman–Crippen LogP) is 12.2. The van der Waals surface area contributed by atoms with Gasteiger partial charge in [0.1, 0.15) is 0 Å². The summed E-state index contributed by atoms with van der Waals surface area (Å²) in [6, 6.07) is 63.2. The van der Waals surface area contributed by atoms with Crippen LogP contribution in [0.5, 0.6) is 0 Å². The molecule has 0 aliphatic carbocycles. The van der Waals surface area contributed by atoms with Crippen LogP contribution in [0.25, 0.3) is 99.8 Å². The molecule has 2 aromatic heterocycles. The topological polar surface area (TPSA) is 51.6 Å². The standard InChI is InChI=1S/C48H30N4/c1-3-16-32(17-4-1)42-30-43(51-47(50-42)33-18-5-2-6-19-33)44-36-21-9-11-23-38(36)45(39-24-12-10-22-37(39)44)48-49-41-26-14-13-25-40(41)46(52-48)35-28-27-31-15-7-8-20-34(31)29-35/h1-30H. The highest BCUT2D eigenvalue weighted by atomic mass is 14.9. The Morgan fingerprint density at radius 2 is 0.827 bits per heavy atom. The highest BCUT2D eigenvalue weighted by molar-refractivity contribution is 6.21. The van der Waals surface area contributed by atoms with Crippen molar-refractivity contribution < 1.29 is 0 Å². The number of para-hydroxylation sites is 1. The smallest absolute Gasteiger partial charge is 0.161 e. The summed E-state index contributed by atoms with van der Waals surface area (Å²) >= 11 is 0. The van der Waals surface area contributed by atoms with Gasteiger partial charge in [-0.1, -0.05) is 164 Å². The van der Waals surface area contributed by atoms with Gasteiger partial charge in [0.2, 0.25) is 0 Å². The molecule has 0 bridgehead atoms. The van der Waals surface area contributed by atoms with Gasteiger partial charge in [0.25, 0.3) is 0 Å². The molecule has 10 rings (SSSR count). The summed E-state index contributed by atoms with van der Waals surface area (Å²) in [6.45, 7) is 0. The molecule has 0 aliphatic rings. The van der Waals surface area contributed by atoms with Gasteiger partial charge in [-0.2, -0.15) is 0 Å². The third-order valence-corrected chi connectivity index (χ3v) is 9.87. The third kappa shape index (κ3) is 5.09. The predicted molar refractivity (Wildman–Crippen MR) is 215 cm³/mol. The first-order valence-electron chi connectivity index (χ1n) is 17.5. The summed E-state index contributed by atoms with van der Waals surface area (Å²) < 4.78 is 0. The van der Waals surface area contributed by atoms with E-state index >= 15 is 0 Å². The van der Waals surface area contributed by atoms with E-state index in [0.29, 0.717) is 11.6 Å².